The Morgan fingerprint density at radius 2 is 1.95 bits per heavy atom. The molecule has 3 heteroatoms. The van der Waals surface area contributed by atoms with E-state index in [9.17, 15) is 0 Å². The molecule has 1 aromatic rings. The van der Waals surface area contributed by atoms with E-state index in [1.54, 1.807) is 0 Å². The maximum absolute atomic E-state index is 5.96. The standard InChI is InChI=1S/C18H28N2O/c1-18(2,20-11-4-5-12-20)17(19-3)14-7-6-8-16(13-14)21-15-9-10-15/h6-8,13,15,17,19H,4-5,9-12H2,1-3H3. The zero-order chi connectivity index (χ0) is 14.9. The first-order chi connectivity index (χ1) is 10.1. The minimum Gasteiger partial charge on any atom is -0.490 e. The molecule has 0 amide bonds. The van der Waals surface area contributed by atoms with Crippen molar-refractivity contribution in [2.24, 2.45) is 0 Å². The van der Waals surface area contributed by atoms with Gasteiger partial charge in [0.1, 0.15) is 5.75 Å². The van der Waals surface area contributed by atoms with Crippen LogP contribution in [0.2, 0.25) is 0 Å². The van der Waals surface area contributed by atoms with Gasteiger partial charge in [0.15, 0.2) is 0 Å². The molecule has 0 bridgehead atoms. The summed E-state index contributed by atoms with van der Waals surface area (Å²) in [4.78, 5) is 2.61. The van der Waals surface area contributed by atoms with Crippen molar-refractivity contribution in [3.05, 3.63) is 29.8 Å². The summed E-state index contributed by atoms with van der Waals surface area (Å²) in [6, 6.07) is 8.96. The molecule has 1 saturated heterocycles. The number of ether oxygens (including phenoxy) is 1. The number of hydrogen-bond acceptors (Lipinski definition) is 3. The Balaban J connectivity index is 1.80. The molecule has 1 atom stereocenters. The number of likely N-dealkylation sites (tertiary alicyclic amines) is 1. The van der Waals surface area contributed by atoms with Gasteiger partial charge in [-0.1, -0.05) is 12.1 Å². The van der Waals surface area contributed by atoms with Crippen LogP contribution in [0.15, 0.2) is 24.3 Å². The quantitative estimate of drug-likeness (QED) is 0.868. The predicted octanol–water partition coefficient (Wildman–Crippen LogP) is 3.36. The highest BCUT2D eigenvalue weighted by Crippen LogP contribution is 2.35. The third kappa shape index (κ3) is 3.24. The largest absolute Gasteiger partial charge is 0.490 e. The van der Waals surface area contributed by atoms with Crippen LogP contribution in [0.5, 0.6) is 5.75 Å². The average molecular weight is 288 g/mol. The molecule has 1 heterocycles. The smallest absolute Gasteiger partial charge is 0.120 e. The second kappa shape index (κ2) is 5.98. The number of nitrogens with one attached hydrogen (secondary N) is 1. The van der Waals surface area contributed by atoms with E-state index in [1.165, 1.54) is 44.3 Å². The molecule has 116 valence electrons. The van der Waals surface area contributed by atoms with Crippen molar-refractivity contribution in [3.63, 3.8) is 0 Å². The molecule has 1 unspecified atom stereocenters. The Morgan fingerprint density at radius 1 is 1.24 bits per heavy atom. The molecule has 0 aromatic heterocycles. The summed E-state index contributed by atoms with van der Waals surface area (Å²) in [6.45, 7) is 7.13. The summed E-state index contributed by atoms with van der Waals surface area (Å²) in [5, 5.41) is 3.53. The molecule has 1 N–H and O–H groups in total. The molecule has 2 aliphatic rings. The van der Waals surface area contributed by atoms with Crippen LogP contribution >= 0.6 is 0 Å². The molecular weight excluding hydrogens is 260 g/mol. The van der Waals surface area contributed by atoms with Crippen LogP contribution in [0.4, 0.5) is 0 Å². The van der Waals surface area contributed by atoms with Gasteiger partial charge in [0.05, 0.1) is 12.1 Å². The van der Waals surface area contributed by atoms with Crippen LogP contribution < -0.4 is 10.1 Å². The normalized spacial score (nSPS) is 21.5. The number of nitrogens with zero attached hydrogens (tertiary/aromatic N) is 1. The highest BCUT2D eigenvalue weighted by Gasteiger charge is 2.37. The molecular formula is C18H28N2O. The van der Waals surface area contributed by atoms with Gasteiger partial charge in [-0.25, -0.2) is 0 Å². The molecule has 2 fully saturated rings. The van der Waals surface area contributed by atoms with Crippen molar-refractivity contribution in [1.29, 1.82) is 0 Å². The molecule has 0 radical (unpaired) electrons. The summed E-state index contributed by atoms with van der Waals surface area (Å²) >= 11 is 0. The Kier molecular flexibility index (Phi) is 4.23. The van der Waals surface area contributed by atoms with Gasteiger partial charge in [0, 0.05) is 5.54 Å². The first-order valence-electron chi connectivity index (χ1n) is 8.30. The zero-order valence-corrected chi connectivity index (χ0v) is 13.6. The van der Waals surface area contributed by atoms with Crippen molar-refractivity contribution in [1.82, 2.24) is 10.2 Å². The minimum absolute atomic E-state index is 0.115. The van der Waals surface area contributed by atoms with E-state index in [0.717, 1.165) is 5.75 Å². The molecule has 1 aliphatic carbocycles. The van der Waals surface area contributed by atoms with Crippen molar-refractivity contribution in [2.45, 2.75) is 57.2 Å². The summed E-state index contributed by atoms with van der Waals surface area (Å²) < 4.78 is 5.96. The topological polar surface area (TPSA) is 24.5 Å². The average Bonchev–Trinajstić information content (AvgIpc) is 3.08. The summed E-state index contributed by atoms with van der Waals surface area (Å²) in [5.41, 5.74) is 1.44. The van der Waals surface area contributed by atoms with Crippen molar-refractivity contribution < 1.29 is 4.74 Å². The Morgan fingerprint density at radius 3 is 2.57 bits per heavy atom. The molecule has 3 rings (SSSR count). The van der Waals surface area contributed by atoms with E-state index in [0.29, 0.717) is 12.1 Å². The molecule has 3 nitrogen and oxygen atoms in total. The first kappa shape index (κ1) is 14.9. The highest BCUT2D eigenvalue weighted by molar-refractivity contribution is 5.33. The second-order valence-corrected chi connectivity index (χ2v) is 6.96. The molecule has 0 spiro atoms. The molecule has 21 heavy (non-hydrogen) atoms. The summed E-state index contributed by atoms with van der Waals surface area (Å²) in [7, 11) is 2.07. The van der Waals surface area contributed by atoms with Crippen LogP contribution in [-0.2, 0) is 0 Å². The number of likely N-dealkylation sites (N-methyl/N-ethyl adjacent to an activating group) is 1. The van der Waals surface area contributed by atoms with Gasteiger partial charge in [-0.3, -0.25) is 4.90 Å². The molecule has 1 aromatic carbocycles. The van der Waals surface area contributed by atoms with Crippen molar-refractivity contribution in [2.75, 3.05) is 20.1 Å². The van der Waals surface area contributed by atoms with Gasteiger partial charge in [0.25, 0.3) is 0 Å². The van der Waals surface area contributed by atoms with Gasteiger partial charge in [-0.2, -0.15) is 0 Å². The first-order valence-corrected chi connectivity index (χ1v) is 8.30. The Labute approximate surface area is 128 Å². The number of rotatable bonds is 6. The lowest BCUT2D eigenvalue weighted by Crippen LogP contribution is -2.50. The monoisotopic (exact) mass is 288 g/mol. The predicted molar refractivity (Wildman–Crippen MR) is 86.8 cm³/mol. The van der Waals surface area contributed by atoms with E-state index in [4.69, 9.17) is 4.74 Å². The third-order valence-corrected chi connectivity index (χ3v) is 4.93. The van der Waals surface area contributed by atoms with Crippen LogP contribution in [0, 0.1) is 0 Å². The van der Waals surface area contributed by atoms with E-state index in [-0.39, 0.29) is 5.54 Å². The van der Waals surface area contributed by atoms with Crippen LogP contribution in [-0.4, -0.2) is 36.7 Å². The fourth-order valence-corrected chi connectivity index (χ4v) is 3.55. The van der Waals surface area contributed by atoms with E-state index < -0.39 is 0 Å². The fourth-order valence-electron chi connectivity index (χ4n) is 3.55. The third-order valence-electron chi connectivity index (χ3n) is 4.93. The number of benzene rings is 1. The maximum Gasteiger partial charge on any atom is 0.120 e. The number of hydrogen-bond donors (Lipinski definition) is 1. The zero-order valence-electron chi connectivity index (χ0n) is 13.6. The van der Waals surface area contributed by atoms with Crippen molar-refractivity contribution >= 4 is 0 Å². The van der Waals surface area contributed by atoms with Gasteiger partial charge in [0.2, 0.25) is 0 Å². The molecule has 1 aliphatic heterocycles. The summed E-state index contributed by atoms with van der Waals surface area (Å²) in [6.07, 6.45) is 5.52. The lowest BCUT2D eigenvalue weighted by atomic mass is 9.87. The van der Waals surface area contributed by atoms with Crippen LogP contribution in [0.1, 0.15) is 51.1 Å². The Bertz CT molecular complexity index is 476. The lowest BCUT2D eigenvalue weighted by molar-refractivity contribution is 0.110. The van der Waals surface area contributed by atoms with Gasteiger partial charge in [-0.05, 0) is 77.4 Å². The molecule has 1 saturated carbocycles. The van der Waals surface area contributed by atoms with E-state index >= 15 is 0 Å². The van der Waals surface area contributed by atoms with Crippen LogP contribution in [0.25, 0.3) is 0 Å². The minimum atomic E-state index is 0.115. The lowest BCUT2D eigenvalue weighted by Gasteiger charge is -2.42. The van der Waals surface area contributed by atoms with Crippen LogP contribution in [0.3, 0.4) is 0 Å². The highest BCUT2D eigenvalue weighted by atomic mass is 16.5. The SMILES string of the molecule is CNC(c1cccc(OC2CC2)c1)C(C)(C)N1CCCC1. The van der Waals surface area contributed by atoms with E-state index in [1.807, 2.05) is 0 Å². The maximum atomic E-state index is 5.96. The van der Waals surface area contributed by atoms with Gasteiger partial charge >= 0.3 is 0 Å². The van der Waals surface area contributed by atoms with Gasteiger partial charge in [-0.15, -0.1) is 0 Å². The fraction of sp³-hybridized carbons (Fsp3) is 0.667. The van der Waals surface area contributed by atoms with Crippen molar-refractivity contribution in [3.8, 4) is 5.75 Å². The second-order valence-electron chi connectivity index (χ2n) is 6.96. The van der Waals surface area contributed by atoms with E-state index in [2.05, 4.69) is 55.4 Å². The Hall–Kier alpha value is -1.06. The summed E-state index contributed by atoms with van der Waals surface area (Å²) in [5.74, 6) is 1.02. The van der Waals surface area contributed by atoms with Gasteiger partial charge < -0.3 is 10.1 Å².